The van der Waals surface area contributed by atoms with Crippen LogP contribution in [0.5, 0.6) is 0 Å². The topological polar surface area (TPSA) is 34.9 Å². The van der Waals surface area contributed by atoms with E-state index in [0.717, 1.165) is 9.08 Å². The number of ketones is 1. The van der Waals surface area contributed by atoms with Gasteiger partial charge in [-0.3, -0.25) is 4.79 Å². The highest BCUT2D eigenvalue weighted by atomic mass is 35.5. The van der Waals surface area contributed by atoms with E-state index in [1.807, 2.05) is 6.07 Å². The number of hydrogen-bond donors (Lipinski definition) is 0. The van der Waals surface area contributed by atoms with Gasteiger partial charge in [0.15, 0.2) is 0 Å². The van der Waals surface area contributed by atoms with E-state index in [-0.39, 0.29) is 16.5 Å². The summed E-state index contributed by atoms with van der Waals surface area (Å²) in [6, 6.07) is 8.29. The third-order valence-electron chi connectivity index (χ3n) is 3.28. The number of aromatic nitrogens is 2. The van der Waals surface area contributed by atoms with Gasteiger partial charge in [0.25, 0.3) is 0 Å². The Balaban J connectivity index is 2.09. The Labute approximate surface area is 156 Å². The Kier molecular flexibility index (Phi) is 4.72. The Morgan fingerprint density at radius 2 is 1.91 bits per heavy atom. The second-order valence-corrected chi connectivity index (χ2v) is 7.62. The fraction of sp³-hybridized carbons (Fsp3) is 0.0667. The molecule has 3 rings (SSSR count). The molecule has 0 aliphatic heterocycles. The van der Waals surface area contributed by atoms with Crippen molar-refractivity contribution in [2.45, 2.75) is 6.92 Å². The number of hydrogen-bond acceptors (Lipinski definition) is 3. The molecule has 118 valence electrons. The number of nitrogens with zero attached hydrogens (tertiary/aromatic N) is 2. The molecule has 0 spiro atoms. The number of benzene rings is 1. The SMILES string of the molecule is Cc1c(C(=O)c2ccc(Cl)cc2Cl)nn(Cl)c1-c1ccc(Cl)s1. The Morgan fingerprint density at radius 1 is 1.17 bits per heavy atom. The molecule has 8 heteroatoms. The zero-order chi connectivity index (χ0) is 16.7. The van der Waals surface area contributed by atoms with E-state index in [4.69, 9.17) is 46.6 Å². The van der Waals surface area contributed by atoms with Crippen LogP contribution in [0.2, 0.25) is 14.4 Å². The molecule has 0 bridgehead atoms. The molecule has 0 aliphatic carbocycles. The fourth-order valence-electron chi connectivity index (χ4n) is 2.20. The number of carbonyl (C=O) groups excluding carboxylic acids is 1. The van der Waals surface area contributed by atoms with Gasteiger partial charge in [0.1, 0.15) is 11.4 Å². The zero-order valence-electron chi connectivity index (χ0n) is 11.6. The summed E-state index contributed by atoms with van der Waals surface area (Å²) in [5.74, 6) is -0.313. The summed E-state index contributed by atoms with van der Waals surface area (Å²) in [5, 5.41) is 4.87. The first-order valence-corrected chi connectivity index (χ1v) is 8.68. The van der Waals surface area contributed by atoms with Crippen molar-refractivity contribution in [1.29, 1.82) is 0 Å². The standard InChI is InChI=1S/C15H8Cl4N2OS/c1-7-13(15(22)9-3-2-8(16)6-10(9)17)20-21(19)14(7)11-4-5-12(18)23-11/h2-6H,1H3. The highest BCUT2D eigenvalue weighted by molar-refractivity contribution is 7.19. The zero-order valence-corrected chi connectivity index (χ0v) is 15.4. The maximum Gasteiger partial charge on any atom is 0.215 e. The van der Waals surface area contributed by atoms with E-state index in [1.54, 1.807) is 25.1 Å². The Bertz CT molecular complexity index is 916. The Hall–Kier alpha value is -1.04. The average Bonchev–Trinajstić information content (AvgIpc) is 3.02. The van der Waals surface area contributed by atoms with Crippen molar-refractivity contribution in [1.82, 2.24) is 9.30 Å². The number of rotatable bonds is 3. The molecule has 0 saturated carbocycles. The number of carbonyl (C=O) groups is 1. The molecule has 2 heterocycles. The first-order valence-electron chi connectivity index (χ1n) is 6.39. The van der Waals surface area contributed by atoms with Gasteiger partial charge in [0.2, 0.25) is 5.78 Å². The maximum atomic E-state index is 12.7. The van der Waals surface area contributed by atoms with Crippen LogP contribution >= 0.6 is 57.9 Å². The van der Waals surface area contributed by atoms with E-state index in [9.17, 15) is 4.79 Å². The van der Waals surface area contributed by atoms with E-state index < -0.39 is 0 Å². The number of halogens is 4. The van der Waals surface area contributed by atoms with Crippen LogP contribution in [-0.2, 0) is 0 Å². The lowest BCUT2D eigenvalue weighted by molar-refractivity contribution is 0.103. The van der Waals surface area contributed by atoms with Crippen LogP contribution in [0.1, 0.15) is 21.6 Å². The first kappa shape index (κ1) is 16.8. The van der Waals surface area contributed by atoms with Gasteiger partial charge in [-0.15, -0.1) is 11.3 Å². The molecule has 23 heavy (non-hydrogen) atoms. The van der Waals surface area contributed by atoms with E-state index >= 15 is 0 Å². The first-order chi connectivity index (χ1) is 10.9. The molecular weight excluding hydrogens is 398 g/mol. The van der Waals surface area contributed by atoms with Crippen LogP contribution < -0.4 is 0 Å². The monoisotopic (exact) mass is 404 g/mol. The third kappa shape index (κ3) is 3.14. The molecule has 0 unspecified atom stereocenters. The quantitative estimate of drug-likeness (QED) is 0.492. The Morgan fingerprint density at radius 3 is 2.52 bits per heavy atom. The van der Waals surface area contributed by atoms with Crippen molar-refractivity contribution in [3.63, 3.8) is 0 Å². The molecule has 0 radical (unpaired) electrons. The van der Waals surface area contributed by atoms with Crippen molar-refractivity contribution in [3.8, 4) is 10.6 Å². The van der Waals surface area contributed by atoms with Gasteiger partial charge in [0.05, 0.1) is 14.2 Å². The average molecular weight is 406 g/mol. The lowest BCUT2D eigenvalue weighted by Gasteiger charge is -2.02. The summed E-state index contributed by atoms with van der Waals surface area (Å²) in [6.45, 7) is 1.78. The van der Waals surface area contributed by atoms with Crippen LogP contribution in [0, 0.1) is 6.92 Å². The van der Waals surface area contributed by atoms with Crippen molar-refractivity contribution in [2.75, 3.05) is 0 Å². The predicted molar refractivity (Wildman–Crippen MR) is 96.4 cm³/mol. The van der Waals surface area contributed by atoms with Crippen LogP contribution in [0.3, 0.4) is 0 Å². The lowest BCUT2D eigenvalue weighted by Crippen LogP contribution is -2.05. The molecule has 0 N–H and O–H groups in total. The highest BCUT2D eigenvalue weighted by Gasteiger charge is 2.24. The minimum absolute atomic E-state index is 0.240. The van der Waals surface area contributed by atoms with Crippen molar-refractivity contribution in [2.24, 2.45) is 0 Å². The van der Waals surface area contributed by atoms with Gasteiger partial charge in [-0.05, 0) is 37.3 Å². The largest absolute Gasteiger partial charge is 0.287 e. The van der Waals surface area contributed by atoms with Crippen LogP contribution in [0.25, 0.3) is 10.6 Å². The summed E-state index contributed by atoms with van der Waals surface area (Å²) < 4.78 is 1.79. The van der Waals surface area contributed by atoms with E-state index in [2.05, 4.69) is 5.10 Å². The van der Waals surface area contributed by atoms with Crippen LogP contribution in [0.15, 0.2) is 30.3 Å². The van der Waals surface area contributed by atoms with Gasteiger partial charge in [-0.1, -0.05) is 34.8 Å². The molecule has 0 atom stereocenters. The summed E-state index contributed by atoms with van der Waals surface area (Å²) in [5.41, 5.74) is 1.86. The second kappa shape index (κ2) is 6.46. The molecular formula is C15H8Cl4N2OS. The minimum atomic E-state index is -0.313. The van der Waals surface area contributed by atoms with Crippen molar-refractivity contribution < 1.29 is 4.79 Å². The summed E-state index contributed by atoms with van der Waals surface area (Å²) in [6.07, 6.45) is 0. The summed E-state index contributed by atoms with van der Waals surface area (Å²) in [4.78, 5) is 13.5. The molecule has 0 saturated heterocycles. The molecule has 2 aromatic heterocycles. The van der Waals surface area contributed by atoms with E-state index in [1.165, 1.54) is 17.4 Å². The van der Waals surface area contributed by atoms with Gasteiger partial charge in [-0.25, -0.2) is 0 Å². The van der Waals surface area contributed by atoms with Gasteiger partial charge < -0.3 is 0 Å². The maximum absolute atomic E-state index is 12.7. The van der Waals surface area contributed by atoms with E-state index in [0.29, 0.717) is 26.2 Å². The molecule has 1 aromatic carbocycles. The molecule has 3 nitrogen and oxygen atoms in total. The smallest absolute Gasteiger partial charge is 0.215 e. The van der Waals surface area contributed by atoms with Gasteiger partial charge in [-0.2, -0.15) is 9.30 Å². The second-order valence-electron chi connectivity index (χ2n) is 4.74. The van der Waals surface area contributed by atoms with Gasteiger partial charge in [0, 0.05) is 27.9 Å². The summed E-state index contributed by atoms with van der Waals surface area (Å²) in [7, 11) is 0. The normalized spacial score (nSPS) is 11.0. The highest BCUT2D eigenvalue weighted by Crippen LogP contribution is 2.35. The number of thiophene rings is 1. The molecule has 0 amide bonds. The third-order valence-corrected chi connectivity index (χ3v) is 5.31. The van der Waals surface area contributed by atoms with Crippen molar-refractivity contribution in [3.05, 3.63) is 61.5 Å². The predicted octanol–water partition coefficient (Wildman–Crippen LogP) is 6.11. The van der Waals surface area contributed by atoms with Crippen LogP contribution in [-0.4, -0.2) is 15.1 Å². The fourth-order valence-corrected chi connectivity index (χ4v) is 4.17. The van der Waals surface area contributed by atoms with Gasteiger partial charge >= 0.3 is 0 Å². The summed E-state index contributed by atoms with van der Waals surface area (Å²) >= 11 is 25.4. The molecule has 0 aliphatic rings. The van der Waals surface area contributed by atoms with Crippen LogP contribution in [0.4, 0.5) is 0 Å². The molecule has 0 fully saturated rings. The minimum Gasteiger partial charge on any atom is -0.287 e. The van der Waals surface area contributed by atoms with Crippen molar-refractivity contribution >= 4 is 63.7 Å². The lowest BCUT2D eigenvalue weighted by atomic mass is 10.0. The molecule has 3 aromatic rings.